The van der Waals surface area contributed by atoms with Crippen molar-refractivity contribution < 1.29 is 24.2 Å². The summed E-state index contributed by atoms with van der Waals surface area (Å²) in [7, 11) is 0. The van der Waals surface area contributed by atoms with E-state index in [2.05, 4.69) is 13.2 Å². The summed E-state index contributed by atoms with van der Waals surface area (Å²) >= 11 is 0. The van der Waals surface area contributed by atoms with E-state index in [1.165, 1.54) is 0 Å². The standard InChI is InChI=1S/C32H45N3O5/c1-7-17-33(18-8-2)28(37)24-25-29(38)35(20-12-21-36)27(32(25)16-15-31(24,10-4)40-32)30(39)34(19-9-3)26-22(5)13-11-14-23(26)6/h7,9,11,13-14,24-25,27,36H,1,3,8,10,12,15-21H2,2,4-6H3/t24-,25-,27?,31+,32?/m0/s1. The number of fused-ring (bicyclic) bond motifs is 1. The lowest BCUT2D eigenvalue weighted by Crippen LogP contribution is -2.57. The fourth-order valence-corrected chi connectivity index (χ4v) is 7.57. The van der Waals surface area contributed by atoms with Crippen molar-refractivity contribution in [3.05, 3.63) is 54.6 Å². The first-order valence-electron chi connectivity index (χ1n) is 14.7. The van der Waals surface area contributed by atoms with Crippen LogP contribution in [0, 0.1) is 25.7 Å². The SMILES string of the molecule is C=CCN(CCC)C(=O)[C@@H]1[C@H]2C(=O)N(CCCO)C(C(=O)N(CC=C)c3c(C)cccc3C)C23CC[C@@]1(CC)O3. The monoisotopic (exact) mass is 551 g/mol. The minimum absolute atomic E-state index is 0.101. The maximum Gasteiger partial charge on any atom is 0.253 e. The second kappa shape index (κ2) is 11.9. The lowest BCUT2D eigenvalue weighted by atomic mass is 9.64. The van der Waals surface area contributed by atoms with Gasteiger partial charge in [0.05, 0.1) is 17.4 Å². The number of amides is 3. The number of para-hydroxylation sites is 1. The molecule has 40 heavy (non-hydrogen) atoms. The first-order chi connectivity index (χ1) is 19.2. The van der Waals surface area contributed by atoms with E-state index in [0.717, 1.165) is 23.2 Å². The molecule has 0 radical (unpaired) electrons. The van der Waals surface area contributed by atoms with Gasteiger partial charge in [0.25, 0.3) is 5.91 Å². The Morgan fingerprint density at radius 2 is 1.80 bits per heavy atom. The zero-order valence-corrected chi connectivity index (χ0v) is 24.5. The maximum absolute atomic E-state index is 14.7. The summed E-state index contributed by atoms with van der Waals surface area (Å²) in [5.41, 5.74) is 0.790. The smallest absolute Gasteiger partial charge is 0.253 e. The van der Waals surface area contributed by atoms with E-state index in [0.29, 0.717) is 38.8 Å². The molecule has 0 aromatic heterocycles. The third kappa shape index (κ3) is 4.59. The highest BCUT2D eigenvalue weighted by Crippen LogP contribution is 2.64. The van der Waals surface area contributed by atoms with Crippen LogP contribution in [0.1, 0.15) is 57.1 Å². The van der Waals surface area contributed by atoms with Gasteiger partial charge in [-0.05, 0) is 57.1 Å². The second-order valence-electron chi connectivity index (χ2n) is 11.5. The Labute approximate surface area is 238 Å². The zero-order valence-electron chi connectivity index (χ0n) is 24.5. The van der Waals surface area contributed by atoms with Gasteiger partial charge in [-0.3, -0.25) is 14.4 Å². The minimum atomic E-state index is -1.11. The Kier molecular flexibility index (Phi) is 8.90. The molecule has 218 valence electrons. The molecule has 5 atom stereocenters. The summed E-state index contributed by atoms with van der Waals surface area (Å²) in [5.74, 6) is -1.99. The molecule has 3 aliphatic rings. The number of hydrogen-bond acceptors (Lipinski definition) is 5. The Balaban J connectivity index is 1.85. The van der Waals surface area contributed by atoms with Gasteiger partial charge in [0, 0.05) is 38.5 Å². The Morgan fingerprint density at radius 3 is 2.38 bits per heavy atom. The fraction of sp³-hybridized carbons (Fsp3) is 0.594. The van der Waals surface area contributed by atoms with E-state index in [9.17, 15) is 19.5 Å². The molecule has 3 heterocycles. The molecule has 0 saturated carbocycles. The largest absolute Gasteiger partial charge is 0.396 e. The molecule has 2 unspecified atom stereocenters. The van der Waals surface area contributed by atoms with Crippen molar-refractivity contribution in [2.45, 2.75) is 77.0 Å². The highest BCUT2D eigenvalue weighted by atomic mass is 16.5. The van der Waals surface area contributed by atoms with Crippen molar-refractivity contribution in [3.8, 4) is 0 Å². The Morgan fingerprint density at radius 1 is 1.12 bits per heavy atom. The predicted molar refractivity (Wildman–Crippen MR) is 156 cm³/mol. The molecule has 1 N–H and O–H groups in total. The van der Waals surface area contributed by atoms with E-state index >= 15 is 0 Å². The van der Waals surface area contributed by atoms with E-state index in [1.54, 1.807) is 26.9 Å². The van der Waals surface area contributed by atoms with Crippen molar-refractivity contribution in [3.63, 3.8) is 0 Å². The van der Waals surface area contributed by atoms with Gasteiger partial charge >= 0.3 is 0 Å². The van der Waals surface area contributed by atoms with Crippen LogP contribution >= 0.6 is 0 Å². The van der Waals surface area contributed by atoms with Crippen LogP contribution in [0.5, 0.6) is 0 Å². The summed E-state index contributed by atoms with van der Waals surface area (Å²) in [6, 6.07) is 4.99. The maximum atomic E-state index is 14.7. The van der Waals surface area contributed by atoms with Crippen LogP contribution in [0.3, 0.4) is 0 Å². The van der Waals surface area contributed by atoms with Gasteiger partial charge in [-0.15, -0.1) is 13.2 Å². The van der Waals surface area contributed by atoms with Crippen LogP contribution in [0.2, 0.25) is 0 Å². The van der Waals surface area contributed by atoms with Crippen LogP contribution in [0.4, 0.5) is 5.69 Å². The predicted octanol–water partition coefficient (Wildman–Crippen LogP) is 3.78. The molecule has 1 aromatic carbocycles. The average Bonchev–Trinajstić information content (AvgIpc) is 3.54. The topological polar surface area (TPSA) is 90.4 Å². The second-order valence-corrected chi connectivity index (χ2v) is 11.5. The van der Waals surface area contributed by atoms with Crippen molar-refractivity contribution in [1.82, 2.24) is 9.80 Å². The number of carbonyl (C=O) groups is 3. The molecule has 4 rings (SSSR count). The number of aliphatic hydroxyl groups is 1. The van der Waals surface area contributed by atoms with Crippen molar-refractivity contribution in [2.75, 3.05) is 37.7 Å². The molecule has 1 aromatic rings. The van der Waals surface area contributed by atoms with Gasteiger partial charge < -0.3 is 24.5 Å². The Bertz CT molecular complexity index is 1150. The first kappa shape index (κ1) is 30.0. The molecule has 3 saturated heterocycles. The van der Waals surface area contributed by atoms with Gasteiger partial charge in [0.2, 0.25) is 11.8 Å². The molecule has 0 aliphatic carbocycles. The number of benzene rings is 1. The number of nitrogens with zero attached hydrogens (tertiary/aromatic N) is 3. The van der Waals surface area contributed by atoms with Gasteiger partial charge in [-0.1, -0.05) is 44.2 Å². The molecular formula is C32H45N3O5. The lowest BCUT2D eigenvalue weighted by molar-refractivity contribution is -0.151. The molecule has 8 heteroatoms. The molecular weight excluding hydrogens is 506 g/mol. The quantitative estimate of drug-likeness (QED) is 0.377. The molecule has 1 spiro atoms. The zero-order chi connectivity index (χ0) is 29.2. The summed E-state index contributed by atoms with van der Waals surface area (Å²) < 4.78 is 6.93. The van der Waals surface area contributed by atoms with Gasteiger partial charge in [-0.25, -0.2) is 0 Å². The van der Waals surface area contributed by atoms with E-state index in [1.807, 2.05) is 45.9 Å². The minimum Gasteiger partial charge on any atom is -0.396 e. The Hall–Kier alpha value is -2.97. The van der Waals surface area contributed by atoms with E-state index < -0.39 is 29.1 Å². The third-order valence-electron chi connectivity index (χ3n) is 9.18. The normalized spacial score (nSPS) is 28.5. The molecule has 3 aliphatic heterocycles. The number of carbonyl (C=O) groups excluding carboxylic acids is 3. The van der Waals surface area contributed by atoms with Crippen molar-refractivity contribution >= 4 is 23.4 Å². The number of aryl methyl sites for hydroxylation is 2. The summed E-state index contributed by atoms with van der Waals surface area (Å²) in [6.45, 7) is 17.0. The third-order valence-corrected chi connectivity index (χ3v) is 9.18. The fourth-order valence-electron chi connectivity index (χ4n) is 7.57. The molecule has 3 amide bonds. The molecule has 2 bridgehead atoms. The van der Waals surface area contributed by atoms with Crippen molar-refractivity contribution in [2.24, 2.45) is 11.8 Å². The molecule has 8 nitrogen and oxygen atoms in total. The lowest BCUT2D eigenvalue weighted by Gasteiger charge is -2.37. The highest BCUT2D eigenvalue weighted by Gasteiger charge is 2.79. The number of likely N-dealkylation sites (tertiary alicyclic amines) is 1. The van der Waals surface area contributed by atoms with Crippen LogP contribution < -0.4 is 4.90 Å². The number of anilines is 1. The number of aliphatic hydroxyl groups excluding tert-OH is 1. The number of rotatable bonds is 13. The van der Waals surface area contributed by atoms with Crippen LogP contribution in [-0.2, 0) is 19.1 Å². The van der Waals surface area contributed by atoms with Crippen LogP contribution in [0.25, 0.3) is 0 Å². The van der Waals surface area contributed by atoms with Gasteiger partial charge in [-0.2, -0.15) is 0 Å². The van der Waals surface area contributed by atoms with E-state index in [-0.39, 0.29) is 37.4 Å². The number of ether oxygens (including phenoxy) is 1. The summed E-state index contributed by atoms with van der Waals surface area (Å²) in [5, 5.41) is 9.68. The van der Waals surface area contributed by atoms with Gasteiger partial charge in [0.1, 0.15) is 11.6 Å². The molecule has 3 fully saturated rings. The van der Waals surface area contributed by atoms with Gasteiger partial charge in [0.15, 0.2) is 0 Å². The van der Waals surface area contributed by atoms with E-state index in [4.69, 9.17) is 4.74 Å². The highest BCUT2D eigenvalue weighted by molar-refractivity contribution is 6.05. The van der Waals surface area contributed by atoms with Crippen LogP contribution in [-0.4, -0.2) is 82.7 Å². The first-order valence-corrected chi connectivity index (χ1v) is 14.7. The summed E-state index contributed by atoms with van der Waals surface area (Å²) in [6.07, 6.45) is 6.23. The van der Waals surface area contributed by atoms with Crippen LogP contribution in [0.15, 0.2) is 43.5 Å². The average molecular weight is 552 g/mol. The van der Waals surface area contributed by atoms with Crippen molar-refractivity contribution in [1.29, 1.82) is 0 Å². The summed E-state index contributed by atoms with van der Waals surface area (Å²) in [4.78, 5) is 48.3. The number of hydrogen-bond donors (Lipinski definition) is 1.